The number of aliphatic hydroxyl groups excluding tert-OH is 1. The first-order valence-corrected chi connectivity index (χ1v) is 6.52. The van der Waals surface area contributed by atoms with Crippen LogP contribution in [0.1, 0.15) is 24.3 Å². The smallest absolute Gasteiger partial charge is 0.270 e. The zero-order valence-electron chi connectivity index (χ0n) is 11.1. The first kappa shape index (κ1) is 15.9. The Balaban J connectivity index is 2.30. The van der Waals surface area contributed by atoms with Crippen molar-refractivity contribution in [3.63, 3.8) is 0 Å². The molecule has 19 heavy (non-hydrogen) atoms. The zero-order valence-corrected chi connectivity index (χ0v) is 11.9. The Morgan fingerprint density at radius 3 is 2.89 bits per heavy atom. The summed E-state index contributed by atoms with van der Waals surface area (Å²) in [5, 5.41) is 12.6. The van der Waals surface area contributed by atoms with E-state index in [1.165, 1.54) is 12.3 Å². The molecule has 0 aromatic carbocycles. The predicted octanol–water partition coefficient (Wildman–Crippen LogP) is 1.50. The van der Waals surface area contributed by atoms with E-state index < -0.39 is 6.10 Å². The number of aliphatic hydroxyl groups is 1. The molecule has 0 saturated heterocycles. The van der Waals surface area contributed by atoms with Gasteiger partial charge in [0.05, 0.1) is 12.7 Å². The molecule has 1 heterocycles. The monoisotopic (exact) mass is 286 g/mol. The zero-order chi connectivity index (χ0) is 14.3. The number of halogens is 1. The second-order valence-corrected chi connectivity index (χ2v) is 5.09. The van der Waals surface area contributed by atoms with Crippen molar-refractivity contribution in [3.05, 3.63) is 29.0 Å². The fourth-order valence-electron chi connectivity index (χ4n) is 1.33. The molecule has 6 heteroatoms. The molecule has 0 aliphatic heterocycles. The van der Waals surface area contributed by atoms with E-state index in [1.54, 1.807) is 6.07 Å². The number of rotatable bonds is 7. The molecule has 0 bridgehead atoms. The van der Waals surface area contributed by atoms with Crippen molar-refractivity contribution in [2.24, 2.45) is 5.92 Å². The standard InChI is InChI=1S/C13H19ClN2O3/c1-9(2)7-19-8-11(17)6-16-13(18)12-5-10(14)3-4-15-12/h3-5,9,11,17H,6-8H2,1-2H3,(H,16,18). The molecule has 0 aliphatic carbocycles. The van der Waals surface area contributed by atoms with Crippen molar-refractivity contribution in [3.8, 4) is 0 Å². The van der Waals surface area contributed by atoms with E-state index in [9.17, 15) is 9.90 Å². The topological polar surface area (TPSA) is 71.5 Å². The largest absolute Gasteiger partial charge is 0.389 e. The van der Waals surface area contributed by atoms with Gasteiger partial charge in [0.15, 0.2) is 0 Å². The van der Waals surface area contributed by atoms with Crippen LogP contribution in [0.4, 0.5) is 0 Å². The fraction of sp³-hybridized carbons (Fsp3) is 0.538. The summed E-state index contributed by atoms with van der Waals surface area (Å²) >= 11 is 5.76. The lowest BCUT2D eigenvalue weighted by Crippen LogP contribution is -2.35. The number of hydrogen-bond donors (Lipinski definition) is 2. The summed E-state index contributed by atoms with van der Waals surface area (Å²) in [6.07, 6.45) is 0.723. The van der Waals surface area contributed by atoms with Gasteiger partial charge in [-0.2, -0.15) is 0 Å². The summed E-state index contributed by atoms with van der Waals surface area (Å²) in [5.74, 6) is 0.0443. The molecular formula is C13H19ClN2O3. The van der Waals surface area contributed by atoms with Crippen molar-refractivity contribution in [2.45, 2.75) is 20.0 Å². The molecule has 5 nitrogen and oxygen atoms in total. The van der Waals surface area contributed by atoms with Crippen LogP contribution in [0.25, 0.3) is 0 Å². The van der Waals surface area contributed by atoms with Crippen molar-refractivity contribution >= 4 is 17.5 Å². The number of nitrogens with zero attached hydrogens (tertiary/aromatic N) is 1. The van der Waals surface area contributed by atoms with Crippen LogP contribution in [0.15, 0.2) is 18.3 Å². The highest BCUT2D eigenvalue weighted by atomic mass is 35.5. The van der Waals surface area contributed by atoms with E-state index in [0.29, 0.717) is 17.5 Å². The summed E-state index contributed by atoms with van der Waals surface area (Å²) in [6, 6.07) is 3.06. The maximum atomic E-state index is 11.7. The van der Waals surface area contributed by atoms with Gasteiger partial charge in [0.1, 0.15) is 5.69 Å². The van der Waals surface area contributed by atoms with Crippen LogP contribution in [0, 0.1) is 5.92 Å². The Morgan fingerprint density at radius 2 is 2.26 bits per heavy atom. The lowest BCUT2D eigenvalue weighted by Gasteiger charge is -2.13. The summed E-state index contributed by atoms with van der Waals surface area (Å²) in [6.45, 7) is 4.95. The molecule has 0 aliphatic rings. The van der Waals surface area contributed by atoms with Gasteiger partial charge in [-0.1, -0.05) is 25.4 Å². The van der Waals surface area contributed by atoms with Gasteiger partial charge in [-0.05, 0) is 18.1 Å². The van der Waals surface area contributed by atoms with E-state index in [2.05, 4.69) is 10.3 Å². The molecule has 1 rings (SSSR count). The minimum absolute atomic E-state index is 0.116. The van der Waals surface area contributed by atoms with Crippen LogP contribution < -0.4 is 5.32 Å². The molecule has 0 saturated carbocycles. The maximum Gasteiger partial charge on any atom is 0.270 e. The van der Waals surface area contributed by atoms with Crippen LogP contribution in [0.5, 0.6) is 0 Å². The highest BCUT2D eigenvalue weighted by Gasteiger charge is 2.10. The quantitative estimate of drug-likeness (QED) is 0.797. The Morgan fingerprint density at radius 1 is 1.53 bits per heavy atom. The van der Waals surface area contributed by atoms with Gasteiger partial charge >= 0.3 is 0 Å². The average Bonchev–Trinajstić information content (AvgIpc) is 2.35. The third kappa shape index (κ3) is 6.52. The minimum atomic E-state index is -0.734. The van der Waals surface area contributed by atoms with E-state index in [0.717, 1.165) is 0 Å². The van der Waals surface area contributed by atoms with E-state index >= 15 is 0 Å². The van der Waals surface area contributed by atoms with Gasteiger partial charge < -0.3 is 15.2 Å². The van der Waals surface area contributed by atoms with Gasteiger partial charge in [-0.25, -0.2) is 0 Å². The Hall–Kier alpha value is -1.17. The molecule has 0 fully saturated rings. The lowest BCUT2D eigenvalue weighted by molar-refractivity contribution is 0.0259. The normalized spacial score (nSPS) is 12.5. The molecule has 1 atom stereocenters. The summed E-state index contributed by atoms with van der Waals surface area (Å²) in [7, 11) is 0. The predicted molar refractivity (Wildman–Crippen MR) is 73.2 cm³/mol. The average molecular weight is 287 g/mol. The second kappa shape index (κ2) is 8.09. The Labute approximate surface area is 117 Å². The summed E-state index contributed by atoms with van der Waals surface area (Å²) in [5.41, 5.74) is 0.225. The van der Waals surface area contributed by atoms with Crippen LogP contribution in [0.3, 0.4) is 0 Å². The van der Waals surface area contributed by atoms with Gasteiger partial charge in [-0.15, -0.1) is 0 Å². The summed E-state index contributed by atoms with van der Waals surface area (Å²) in [4.78, 5) is 15.6. The molecule has 2 N–H and O–H groups in total. The lowest BCUT2D eigenvalue weighted by atomic mass is 10.2. The first-order valence-electron chi connectivity index (χ1n) is 6.14. The molecule has 0 spiro atoms. The van der Waals surface area contributed by atoms with Crippen LogP contribution >= 0.6 is 11.6 Å². The van der Waals surface area contributed by atoms with Crippen molar-refractivity contribution in [1.82, 2.24) is 10.3 Å². The van der Waals surface area contributed by atoms with Gasteiger partial charge in [0.25, 0.3) is 5.91 Å². The molecule has 1 amide bonds. The highest BCUT2D eigenvalue weighted by molar-refractivity contribution is 6.30. The van der Waals surface area contributed by atoms with Crippen molar-refractivity contribution in [2.75, 3.05) is 19.8 Å². The number of nitrogens with one attached hydrogen (secondary N) is 1. The first-order chi connectivity index (χ1) is 8.99. The molecular weight excluding hydrogens is 268 g/mol. The molecule has 0 radical (unpaired) electrons. The maximum absolute atomic E-state index is 11.7. The number of aromatic nitrogens is 1. The molecule has 1 aromatic heterocycles. The number of amides is 1. The van der Waals surface area contributed by atoms with Crippen LogP contribution in [0.2, 0.25) is 5.02 Å². The minimum Gasteiger partial charge on any atom is -0.389 e. The number of pyridine rings is 1. The van der Waals surface area contributed by atoms with E-state index in [-0.39, 0.29) is 24.8 Å². The number of hydrogen-bond acceptors (Lipinski definition) is 4. The molecule has 1 unspecified atom stereocenters. The number of carbonyl (C=O) groups excluding carboxylic acids is 1. The Kier molecular flexibility index (Phi) is 6.77. The second-order valence-electron chi connectivity index (χ2n) is 4.65. The number of carbonyl (C=O) groups is 1. The van der Waals surface area contributed by atoms with E-state index in [1.807, 2.05) is 13.8 Å². The Bertz CT molecular complexity index is 413. The van der Waals surface area contributed by atoms with Crippen molar-refractivity contribution < 1.29 is 14.6 Å². The molecule has 106 valence electrons. The number of ether oxygens (including phenoxy) is 1. The third-order valence-electron chi connectivity index (χ3n) is 2.21. The highest BCUT2D eigenvalue weighted by Crippen LogP contribution is 2.07. The summed E-state index contributed by atoms with van der Waals surface area (Å²) < 4.78 is 5.28. The van der Waals surface area contributed by atoms with Gasteiger partial charge in [0, 0.05) is 24.4 Å². The third-order valence-corrected chi connectivity index (χ3v) is 2.45. The molecule has 1 aromatic rings. The van der Waals surface area contributed by atoms with Crippen LogP contribution in [-0.4, -0.2) is 41.9 Å². The van der Waals surface area contributed by atoms with Crippen LogP contribution in [-0.2, 0) is 4.74 Å². The van der Waals surface area contributed by atoms with Gasteiger partial charge in [-0.3, -0.25) is 9.78 Å². The SMILES string of the molecule is CC(C)COCC(O)CNC(=O)c1cc(Cl)ccn1. The van der Waals surface area contributed by atoms with Crippen molar-refractivity contribution in [1.29, 1.82) is 0 Å². The van der Waals surface area contributed by atoms with E-state index in [4.69, 9.17) is 16.3 Å². The van der Waals surface area contributed by atoms with Gasteiger partial charge in [0.2, 0.25) is 0 Å². The fourth-order valence-corrected chi connectivity index (χ4v) is 1.49.